The van der Waals surface area contributed by atoms with Crippen molar-refractivity contribution in [2.24, 2.45) is 10.7 Å². The first-order valence-corrected chi connectivity index (χ1v) is 7.52. The molecule has 1 saturated carbocycles. The second-order valence-corrected chi connectivity index (χ2v) is 5.46. The highest BCUT2D eigenvalue weighted by atomic mass is 127. The van der Waals surface area contributed by atoms with Crippen molar-refractivity contribution in [3.63, 3.8) is 0 Å². The van der Waals surface area contributed by atoms with Gasteiger partial charge in [-0.15, -0.1) is 24.0 Å². The Kier molecular flexibility index (Phi) is 6.30. The van der Waals surface area contributed by atoms with Crippen LogP contribution in [-0.2, 0) is 6.54 Å². The Hall–Kier alpha value is -1.50. The molecule has 1 aromatic heterocycles. The van der Waals surface area contributed by atoms with Crippen LogP contribution in [-0.4, -0.2) is 12.0 Å². The minimum absolute atomic E-state index is 0. The molecule has 0 spiro atoms. The van der Waals surface area contributed by atoms with Gasteiger partial charge in [-0.1, -0.05) is 43.2 Å². The van der Waals surface area contributed by atoms with Crippen LogP contribution >= 0.6 is 24.0 Å². The number of nitrogens with two attached hydrogens (primary N) is 1. The second-order valence-electron chi connectivity index (χ2n) is 5.46. The first-order chi connectivity index (χ1) is 10.3. The quantitative estimate of drug-likeness (QED) is 0.456. The number of benzene rings is 1. The van der Waals surface area contributed by atoms with Gasteiger partial charge in [0.05, 0.1) is 0 Å². The number of rotatable bonds is 4. The van der Waals surface area contributed by atoms with E-state index in [0.29, 0.717) is 18.5 Å². The smallest absolute Gasteiger partial charge is 0.189 e. The molecule has 1 aliphatic carbocycles. The molecule has 0 saturated heterocycles. The number of hydrogen-bond donors (Lipinski definition) is 2. The molecule has 4 nitrogen and oxygen atoms in total. The molecule has 1 heterocycles. The topological polar surface area (TPSA) is 63.5 Å². The molecule has 0 amide bonds. The molecule has 3 N–H and O–H groups in total. The average molecular weight is 411 g/mol. The summed E-state index contributed by atoms with van der Waals surface area (Å²) in [6.07, 6.45) is 4.94. The molecular formula is C17H22IN3O. The van der Waals surface area contributed by atoms with Gasteiger partial charge in [0, 0.05) is 11.6 Å². The summed E-state index contributed by atoms with van der Waals surface area (Å²) in [5, 5.41) is 3.27. The Labute approximate surface area is 148 Å². The van der Waals surface area contributed by atoms with Crippen LogP contribution in [0.2, 0.25) is 0 Å². The molecule has 2 aromatic rings. The Morgan fingerprint density at radius 1 is 1.14 bits per heavy atom. The van der Waals surface area contributed by atoms with E-state index in [-0.39, 0.29) is 24.0 Å². The summed E-state index contributed by atoms with van der Waals surface area (Å²) in [7, 11) is 0. The zero-order valence-corrected chi connectivity index (χ0v) is 14.8. The third-order valence-electron chi connectivity index (χ3n) is 3.83. The van der Waals surface area contributed by atoms with E-state index in [4.69, 9.17) is 10.2 Å². The third kappa shape index (κ3) is 4.50. The molecule has 0 aliphatic heterocycles. The molecule has 3 rings (SSSR count). The molecule has 0 bridgehead atoms. The summed E-state index contributed by atoms with van der Waals surface area (Å²) >= 11 is 0. The van der Waals surface area contributed by atoms with Gasteiger partial charge in [-0.2, -0.15) is 0 Å². The molecule has 1 fully saturated rings. The van der Waals surface area contributed by atoms with Crippen molar-refractivity contribution in [1.29, 1.82) is 0 Å². The van der Waals surface area contributed by atoms with E-state index in [0.717, 1.165) is 17.1 Å². The second kappa shape index (κ2) is 8.22. The largest absolute Gasteiger partial charge is 0.459 e. The highest BCUT2D eigenvalue weighted by Gasteiger charge is 2.14. The van der Waals surface area contributed by atoms with Gasteiger partial charge in [-0.3, -0.25) is 0 Å². The van der Waals surface area contributed by atoms with Crippen molar-refractivity contribution in [3.8, 4) is 11.3 Å². The van der Waals surface area contributed by atoms with Gasteiger partial charge >= 0.3 is 0 Å². The first-order valence-electron chi connectivity index (χ1n) is 7.52. The van der Waals surface area contributed by atoms with Gasteiger partial charge < -0.3 is 15.5 Å². The summed E-state index contributed by atoms with van der Waals surface area (Å²) in [4.78, 5) is 4.35. The van der Waals surface area contributed by atoms with Crippen LogP contribution < -0.4 is 11.1 Å². The number of aliphatic imine (C=N–C) groups is 1. The number of furan rings is 1. The van der Waals surface area contributed by atoms with Crippen LogP contribution in [0.4, 0.5) is 0 Å². The standard InChI is InChI=1S/C17H21N3O.HI/c18-17(20-14-8-4-5-9-14)19-12-15-10-11-16(21-15)13-6-2-1-3-7-13;/h1-3,6-7,10-11,14H,4-5,8-9,12H2,(H3,18,19,20);1H. The fourth-order valence-corrected chi connectivity index (χ4v) is 2.71. The summed E-state index contributed by atoms with van der Waals surface area (Å²) in [5.74, 6) is 2.20. The minimum atomic E-state index is 0. The van der Waals surface area contributed by atoms with E-state index in [9.17, 15) is 0 Å². The zero-order chi connectivity index (χ0) is 14.5. The predicted octanol–water partition coefficient (Wildman–Crippen LogP) is 3.91. The van der Waals surface area contributed by atoms with Crippen molar-refractivity contribution < 1.29 is 4.42 Å². The summed E-state index contributed by atoms with van der Waals surface area (Å²) in [6.45, 7) is 0.471. The van der Waals surface area contributed by atoms with Crippen LogP contribution in [0.1, 0.15) is 31.4 Å². The summed E-state index contributed by atoms with van der Waals surface area (Å²) in [5.41, 5.74) is 6.99. The zero-order valence-electron chi connectivity index (χ0n) is 12.5. The molecule has 1 aromatic carbocycles. The third-order valence-corrected chi connectivity index (χ3v) is 3.83. The van der Waals surface area contributed by atoms with Crippen molar-refractivity contribution in [3.05, 3.63) is 48.2 Å². The minimum Gasteiger partial charge on any atom is -0.459 e. The fourth-order valence-electron chi connectivity index (χ4n) is 2.71. The number of halogens is 1. The van der Waals surface area contributed by atoms with Gasteiger partial charge in [0.25, 0.3) is 0 Å². The normalized spacial score (nSPS) is 15.5. The maximum atomic E-state index is 5.92. The van der Waals surface area contributed by atoms with Gasteiger partial charge in [0.2, 0.25) is 0 Å². The first kappa shape index (κ1) is 16.9. The molecule has 0 radical (unpaired) electrons. The lowest BCUT2D eigenvalue weighted by atomic mass is 10.2. The SMILES string of the molecule is I.NC(=NCc1ccc(-c2ccccc2)o1)NC1CCCC1. The van der Waals surface area contributed by atoms with Crippen molar-refractivity contribution >= 4 is 29.9 Å². The van der Waals surface area contributed by atoms with Gasteiger partial charge in [-0.05, 0) is 25.0 Å². The lowest BCUT2D eigenvalue weighted by molar-refractivity contribution is 0.524. The lowest BCUT2D eigenvalue weighted by Gasteiger charge is -2.11. The molecule has 118 valence electrons. The van der Waals surface area contributed by atoms with E-state index < -0.39 is 0 Å². The monoisotopic (exact) mass is 411 g/mol. The fraction of sp³-hybridized carbons (Fsp3) is 0.353. The highest BCUT2D eigenvalue weighted by molar-refractivity contribution is 14.0. The summed E-state index contributed by atoms with van der Waals surface area (Å²) in [6, 6.07) is 14.5. The van der Waals surface area contributed by atoms with E-state index in [2.05, 4.69) is 10.3 Å². The molecule has 0 atom stereocenters. The van der Waals surface area contributed by atoms with Crippen molar-refractivity contribution in [2.45, 2.75) is 38.3 Å². The van der Waals surface area contributed by atoms with Gasteiger partial charge in [-0.25, -0.2) is 4.99 Å². The molecule has 1 aliphatic rings. The van der Waals surface area contributed by atoms with Crippen LogP contribution in [0.3, 0.4) is 0 Å². The number of hydrogen-bond acceptors (Lipinski definition) is 2. The molecular weight excluding hydrogens is 389 g/mol. The number of nitrogens with zero attached hydrogens (tertiary/aromatic N) is 1. The van der Waals surface area contributed by atoms with Crippen LogP contribution in [0.5, 0.6) is 0 Å². The Balaban J connectivity index is 0.00000176. The maximum absolute atomic E-state index is 5.92. The van der Waals surface area contributed by atoms with Gasteiger partial charge in [0.1, 0.15) is 18.1 Å². The van der Waals surface area contributed by atoms with E-state index in [1.807, 2.05) is 42.5 Å². The molecule has 5 heteroatoms. The van der Waals surface area contributed by atoms with Crippen LogP contribution in [0, 0.1) is 0 Å². The lowest BCUT2D eigenvalue weighted by Crippen LogP contribution is -2.38. The van der Waals surface area contributed by atoms with E-state index in [1.165, 1.54) is 25.7 Å². The van der Waals surface area contributed by atoms with Crippen LogP contribution in [0.15, 0.2) is 51.9 Å². The van der Waals surface area contributed by atoms with Crippen molar-refractivity contribution in [2.75, 3.05) is 0 Å². The number of nitrogens with one attached hydrogen (secondary N) is 1. The van der Waals surface area contributed by atoms with Crippen LogP contribution in [0.25, 0.3) is 11.3 Å². The number of guanidine groups is 1. The van der Waals surface area contributed by atoms with E-state index >= 15 is 0 Å². The Bertz CT molecular complexity index is 603. The van der Waals surface area contributed by atoms with Gasteiger partial charge in [0.15, 0.2) is 5.96 Å². The Morgan fingerprint density at radius 3 is 2.59 bits per heavy atom. The summed E-state index contributed by atoms with van der Waals surface area (Å²) < 4.78 is 5.80. The Morgan fingerprint density at radius 2 is 1.86 bits per heavy atom. The molecule has 22 heavy (non-hydrogen) atoms. The predicted molar refractivity (Wildman–Crippen MR) is 100 cm³/mol. The average Bonchev–Trinajstić information content (AvgIpc) is 3.17. The maximum Gasteiger partial charge on any atom is 0.189 e. The van der Waals surface area contributed by atoms with E-state index in [1.54, 1.807) is 0 Å². The highest BCUT2D eigenvalue weighted by Crippen LogP contribution is 2.22. The molecule has 0 unspecified atom stereocenters. The van der Waals surface area contributed by atoms with Crippen molar-refractivity contribution in [1.82, 2.24) is 5.32 Å².